The zero-order valence-corrected chi connectivity index (χ0v) is 29.6. The van der Waals surface area contributed by atoms with Crippen molar-refractivity contribution in [2.75, 3.05) is 22.9 Å². The van der Waals surface area contributed by atoms with E-state index in [0.29, 0.717) is 24.3 Å². The van der Waals surface area contributed by atoms with E-state index >= 15 is 0 Å². The normalized spacial score (nSPS) is 9.54. The van der Waals surface area contributed by atoms with Crippen LogP contribution >= 0.6 is 0 Å². The average Bonchev–Trinajstić information content (AvgIpc) is 3.09. The Kier molecular flexibility index (Phi) is 17.0. The van der Waals surface area contributed by atoms with Gasteiger partial charge in [-0.3, -0.25) is 80.9 Å². The summed E-state index contributed by atoms with van der Waals surface area (Å²) < 4.78 is 0. The average molecular weight is 884 g/mol. The summed E-state index contributed by atoms with van der Waals surface area (Å²) in [6, 6.07) is 5.48. The van der Waals surface area contributed by atoms with Gasteiger partial charge in [0.15, 0.2) is 0 Å². The number of anilines is 4. The summed E-state index contributed by atoms with van der Waals surface area (Å²) in [5, 5.41) is 126. The van der Waals surface area contributed by atoms with E-state index in [0.717, 1.165) is 24.3 Å². The topological polar surface area (TPSA) is 541 Å². The molecule has 4 aromatic rings. The second-order valence-corrected chi connectivity index (χ2v) is 9.59. The van der Waals surface area contributed by atoms with Crippen LogP contribution in [-0.4, -0.2) is 39.4 Å². The van der Waals surface area contributed by atoms with Crippen LogP contribution < -0.4 is 43.4 Å². The first-order valence-corrected chi connectivity index (χ1v) is 13.3. The molecule has 0 heterocycles. The molecule has 0 saturated heterocycles. The molecule has 0 fully saturated rings. The van der Waals surface area contributed by atoms with Gasteiger partial charge in [-0.2, -0.15) is 0 Å². The number of non-ortho nitro benzene ring substituents is 4. The predicted molar refractivity (Wildman–Crippen MR) is 174 cm³/mol. The monoisotopic (exact) mass is 882 g/mol. The Labute approximate surface area is 329 Å². The van der Waals surface area contributed by atoms with Crippen LogP contribution in [0.3, 0.4) is 0 Å². The molecule has 0 spiro atoms. The third kappa shape index (κ3) is 12.8. The number of hydrogen-bond donors (Lipinski definition) is 4. The molecule has 0 unspecified atom stereocenters. The zero-order chi connectivity index (χ0) is 43.5. The molecule has 296 valence electrons. The van der Waals surface area contributed by atoms with E-state index in [9.17, 15) is 101 Å². The number of hydrogen-bond acceptors (Lipinski definition) is 24. The SMILES string of the molecule is Nc1cc([N+](=O)[O-])cc([N+](=O)[O-])c1[O-].Nc1cc([N+](=O)[O-])cc([N+](=O)[O-])c1[O-].Nc1cc([N+](=O)[O-])cc([N+](=O)[O-])c1[O-].Nc1cc([N+](=O)[O-])cc([N+](=O)[O-])c1[O-].[Zr+4]. The second kappa shape index (κ2) is 20.0. The minimum atomic E-state index is -1.01. The van der Waals surface area contributed by atoms with E-state index in [4.69, 9.17) is 22.9 Å². The molecule has 33 heteroatoms. The number of nitrogen functional groups attached to an aromatic ring is 4. The van der Waals surface area contributed by atoms with Crippen LogP contribution in [0.5, 0.6) is 23.0 Å². The van der Waals surface area contributed by atoms with Crippen LogP contribution in [0, 0.1) is 80.9 Å². The van der Waals surface area contributed by atoms with Gasteiger partial charge in [0.2, 0.25) is 0 Å². The first kappa shape index (κ1) is 48.4. The molecular formula is C24H16N12O20Zr. The molecule has 0 aliphatic rings. The van der Waals surface area contributed by atoms with E-state index in [1.54, 1.807) is 0 Å². The molecule has 0 bridgehead atoms. The fourth-order valence-corrected chi connectivity index (χ4v) is 3.44. The number of nitro benzene ring substituents is 8. The van der Waals surface area contributed by atoms with Crippen molar-refractivity contribution < 1.29 is 86.0 Å². The minimum absolute atomic E-state index is 0. The Morgan fingerprint density at radius 3 is 0.544 bits per heavy atom. The molecule has 0 aliphatic heterocycles. The van der Waals surface area contributed by atoms with Gasteiger partial charge in [-0.1, -0.05) is 0 Å². The van der Waals surface area contributed by atoms with E-state index in [1.165, 1.54) is 0 Å². The Bertz CT molecular complexity index is 1990. The van der Waals surface area contributed by atoms with Crippen LogP contribution in [0.25, 0.3) is 0 Å². The molecular weight excluding hydrogens is 868 g/mol. The number of nitrogens with zero attached hydrogens (tertiary/aromatic N) is 8. The molecule has 0 radical (unpaired) electrons. The van der Waals surface area contributed by atoms with Crippen molar-refractivity contribution in [3.63, 3.8) is 0 Å². The molecule has 0 atom stereocenters. The molecule has 0 saturated carbocycles. The summed E-state index contributed by atoms with van der Waals surface area (Å²) in [5.41, 5.74) is 12.4. The van der Waals surface area contributed by atoms with Gasteiger partial charge in [0, 0.05) is 47.0 Å². The number of nitro groups is 8. The maximum atomic E-state index is 11.0. The summed E-state index contributed by atoms with van der Waals surface area (Å²) in [6.45, 7) is 0. The largest absolute Gasteiger partial charge is 4.00 e. The van der Waals surface area contributed by atoms with Crippen molar-refractivity contribution in [3.05, 3.63) is 129 Å². The third-order valence-electron chi connectivity index (χ3n) is 5.96. The maximum Gasteiger partial charge on any atom is 4.00 e. The first-order chi connectivity index (χ1) is 25.7. The van der Waals surface area contributed by atoms with Gasteiger partial charge in [0.1, 0.15) is 0 Å². The number of nitrogens with two attached hydrogens (primary N) is 4. The Morgan fingerprint density at radius 2 is 0.439 bits per heavy atom. The van der Waals surface area contributed by atoms with Gasteiger partial charge < -0.3 is 43.4 Å². The summed E-state index contributed by atoms with van der Waals surface area (Å²) in [6.07, 6.45) is 0. The molecule has 4 rings (SSSR count). The van der Waals surface area contributed by atoms with Crippen molar-refractivity contribution in [1.29, 1.82) is 0 Å². The Balaban J connectivity index is 0.000000729. The van der Waals surface area contributed by atoms with Gasteiger partial charge >= 0.3 is 26.2 Å². The van der Waals surface area contributed by atoms with Crippen molar-refractivity contribution in [2.24, 2.45) is 0 Å². The standard InChI is InChI=1S/4C6H5N3O5.Zr/c4*7-4-1-3(8(11)12)2-5(6(4)10)9(13)14;/h4*1-2,10H,7H2;/q;;;;+4/p-4. The van der Waals surface area contributed by atoms with Crippen LogP contribution in [-0.2, 0) is 26.2 Å². The molecule has 0 aromatic heterocycles. The van der Waals surface area contributed by atoms with Crippen molar-refractivity contribution >= 4 is 68.2 Å². The van der Waals surface area contributed by atoms with Gasteiger partial charge in [-0.25, -0.2) is 0 Å². The van der Waals surface area contributed by atoms with E-state index in [-0.39, 0.29) is 26.2 Å². The predicted octanol–water partition coefficient (Wildman–Crippen LogP) is 0.633. The smallest absolute Gasteiger partial charge is 0.866 e. The second-order valence-electron chi connectivity index (χ2n) is 9.59. The number of rotatable bonds is 8. The first-order valence-electron chi connectivity index (χ1n) is 13.3. The summed E-state index contributed by atoms with van der Waals surface area (Å²) in [4.78, 5) is 74.7. The van der Waals surface area contributed by atoms with E-state index < -0.39 is 131 Å². The Hall–Kier alpha value is -8.64. The molecule has 4 aromatic carbocycles. The zero-order valence-electron chi connectivity index (χ0n) is 27.2. The molecule has 0 amide bonds. The van der Waals surface area contributed by atoms with E-state index in [1.807, 2.05) is 0 Å². The summed E-state index contributed by atoms with van der Waals surface area (Å²) in [5.74, 6) is -4.05. The van der Waals surface area contributed by atoms with E-state index in [2.05, 4.69) is 0 Å². The van der Waals surface area contributed by atoms with Crippen LogP contribution in [0.4, 0.5) is 68.2 Å². The quantitative estimate of drug-likeness (QED) is 0.107. The fourth-order valence-electron chi connectivity index (χ4n) is 3.44. The molecule has 57 heavy (non-hydrogen) atoms. The van der Waals surface area contributed by atoms with Crippen LogP contribution in [0.1, 0.15) is 0 Å². The van der Waals surface area contributed by atoms with Gasteiger partial charge in [-0.05, 0) is 23.0 Å². The van der Waals surface area contributed by atoms with Crippen molar-refractivity contribution in [2.45, 2.75) is 0 Å². The van der Waals surface area contributed by atoms with Crippen LogP contribution in [0.15, 0.2) is 48.5 Å². The number of benzene rings is 4. The summed E-state index contributed by atoms with van der Waals surface area (Å²) in [7, 11) is 0. The van der Waals surface area contributed by atoms with Gasteiger partial charge in [0.05, 0.1) is 63.7 Å². The molecule has 0 aliphatic carbocycles. The van der Waals surface area contributed by atoms with Crippen LogP contribution in [0.2, 0.25) is 0 Å². The van der Waals surface area contributed by atoms with Gasteiger partial charge in [-0.15, -0.1) is 0 Å². The maximum absolute atomic E-state index is 11.0. The molecule has 32 nitrogen and oxygen atoms in total. The van der Waals surface area contributed by atoms with Crippen molar-refractivity contribution in [3.8, 4) is 23.0 Å². The molecule has 8 N–H and O–H groups in total. The van der Waals surface area contributed by atoms with Gasteiger partial charge in [0.25, 0.3) is 45.5 Å². The summed E-state index contributed by atoms with van der Waals surface area (Å²) >= 11 is 0. The fraction of sp³-hybridized carbons (Fsp3) is 0. The minimum Gasteiger partial charge on any atom is -0.866 e. The van der Waals surface area contributed by atoms with Crippen molar-refractivity contribution in [1.82, 2.24) is 0 Å². The Morgan fingerprint density at radius 1 is 0.298 bits per heavy atom. The third-order valence-corrected chi connectivity index (χ3v) is 5.96.